The molecule has 4 nitrogen and oxygen atoms in total. The Bertz CT molecular complexity index is 1090. The monoisotopic (exact) mass is 264 g/mol. The second kappa shape index (κ2) is 3.28. The largest absolute Gasteiger partial charge is 0.294 e. The Labute approximate surface area is 119 Å². The standard InChI is InChI=1S/C16H13N4/c1-18-15-12-7-3-2-6-11(12)10-20(15)14-16(18)19-9-5-4-8-13(19)17-14/h2-9H,10H2,1H3/q+1/i1D3. The van der Waals surface area contributed by atoms with Gasteiger partial charge >= 0.3 is 0 Å². The van der Waals surface area contributed by atoms with Gasteiger partial charge in [0.2, 0.25) is 5.82 Å². The van der Waals surface area contributed by atoms with Crippen LogP contribution in [0.1, 0.15) is 9.68 Å². The molecule has 0 bridgehead atoms. The molecule has 1 aromatic carbocycles. The van der Waals surface area contributed by atoms with Crippen molar-refractivity contribution in [1.82, 2.24) is 14.0 Å². The quantitative estimate of drug-likeness (QED) is 0.394. The number of hydrogen-bond donors (Lipinski definition) is 0. The summed E-state index contributed by atoms with van der Waals surface area (Å²) in [4.78, 5) is 4.66. The highest BCUT2D eigenvalue weighted by Crippen LogP contribution is 2.32. The number of fused-ring (bicyclic) bond motifs is 7. The maximum absolute atomic E-state index is 8.04. The van der Waals surface area contributed by atoms with Crippen molar-refractivity contribution in [3.05, 3.63) is 54.2 Å². The zero-order valence-corrected chi connectivity index (χ0v) is 10.6. The molecule has 5 rings (SSSR count). The highest BCUT2D eigenvalue weighted by molar-refractivity contribution is 5.77. The minimum atomic E-state index is -2.28. The number of aryl methyl sites for hydroxylation is 1. The van der Waals surface area contributed by atoms with Crippen LogP contribution in [0.5, 0.6) is 0 Å². The molecule has 0 fully saturated rings. The van der Waals surface area contributed by atoms with Crippen LogP contribution in [0.3, 0.4) is 0 Å². The Balaban J connectivity index is 2.01. The van der Waals surface area contributed by atoms with Crippen LogP contribution in [0.2, 0.25) is 0 Å². The van der Waals surface area contributed by atoms with E-state index in [0.717, 1.165) is 16.8 Å². The van der Waals surface area contributed by atoms with Crippen molar-refractivity contribution in [2.24, 2.45) is 6.98 Å². The molecule has 1 aliphatic rings. The molecular weight excluding hydrogens is 248 g/mol. The average Bonchev–Trinajstić information content (AvgIpc) is 3.13. The van der Waals surface area contributed by atoms with Gasteiger partial charge in [-0.2, -0.15) is 4.98 Å². The van der Waals surface area contributed by atoms with Gasteiger partial charge in [0.15, 0.2) is 5.65 Å². The van der Waals surface area contributed by atoms with Crippen LogP contribution in [0.25, 0.3) is 28.3 Å². The summed E-state index contributed by atoms with van der Waals surface area (Å²) in [6.45, 7) is -1.63. The van der Waals surface area contributed by atoms with Gasteiger partial charge in [-0.15, -0.1) is 0 Å². The fraction of sp³-hybridized carbons (Fsp3) is 0.125. The third kappa shape index (κ3) is 1.04. The first-order valence-electron chi connectivity index (χ1n) is 8.06. The van der Waals surface area contributed by atoms with Gasteiger partial charge in [0, 0.05) is 5.56 Å². The number of pyridine rings is 1. The molecule has 4 aromatic rings. The normalized spacial score (nSPS) is 15.9. The van der Waals surface area contributed by atoms with Crippen LogP contribution < -0.4 is 4.57 Å². The molecule has 0 saturated heterocycles. The summed E-state index contributed by atoms with van der Waals surface area (Å²) < 4.78 is 29.4. The molecule has 0 atom stereocenters. The smallest absolute Gasteiger partial charge is 0.233 e. The fourth-order valence-electron chi connectivity index (χ4n) is 3.14. The van der Waals surface area contributed by atoms with Crippen molar-refractivity contribution in [1.29, 1.82) is 0 Å². The number of imidazole rings is 2. The van der Waals surface area contributed by atoms with Crippen LogP contribution in [0.4, 0.5) is 0 Å². The topological polar surface area (TPSA) is 26.1 Å². The molecule has 20 heavy (non-hydrogen) atoms. The van der Waals surface area contributed by atoms with E-state index in [4.69, 9.17) is 4.11 Å². The van der Waals surface area contributed by atoms with Crippen LogP contribution in [-0.4, -0.2) is 14.0 Å². The fourth-order valence-corrected chi connectivity index (χ4v) is 3.14. The van der Waals surface area contributed by atoms with Gasteiger partial charge in [0.05, 0.1) is 29.4 Å². The molecule has 0 saturated carbocycles. The van der Waals surface area contributed by atoms with Crippen molar-refractivity contribution < 1.29 is 8.68 Å². The molecule has 0 spiro atoms. The van der Waals surface area contributed by atoms with E-state index in [-0.39, 0.29) is 0 Å². The van der Waals surface area contributed by atoms with Crippen LogP contribution in [0.15, 0.2) is 48.7 Å². The second-order valence-corrected chi connectivity index (χ2v) is 5.09. The van der Waals surface area contributed by atoms with Gasteiger partial charge in [-0.25, -0.2) is 13.5 Å². The van der Waals surface area contributed by atoms with Gasteiger partial charge in [0.1, 0.15) is 0 Å². The van der Waals surface area contributed by atoms with E-state index >= 15 is 0 Å². The van der Waals surface area contributed by atoms with Gasteiger partial charge in [-0.1, -0.05) is 24.3 Å². The molecule has 4 heteroatoms. The van der Waals surface area contributed by atoms with Crippen molar-refractivity contribution >= 4 is 16.9 Å². The number of aromatic nitrogens is 4. The van der Waals surface area contributed by atoms with E-state index in [1.165, 1.54) is 4.57 Å². The zero-order valence-electron chi connectivity index (χ0n) is 13.6. The first-order chi connectivity index (χ1) is 11.1. The van der Waals surface area contributed by atoms with Crippen LogP contribution >= 0.6 is 0 Å². The lowest BCUT2D eigenvalue weighted by atomic mass is 10.1. The van der Waals surface area contributed by atoms with Gasteiger partial charge < -0.3 is 0 Å². The number of nitrogens with zero attached hydrogens (tertiary/aromatic N) is 4. The number of rotatable bonds is 0. The lowest BCUT2D eigenvalue weighted by molar-refractivity contribution is -0.636. The third-order valence-electron chi connectivity index (χ3n) is 4.01. The number of hydrogen-bond acceptors (Lipinski definition) is 1. The Kier molecular flexibility index (Phi) is 1.29. The van der Waals surface area contributed by atoms with Gasteiger partial charge in [0.25, 0.3) is 11.3 Å². The Morgan fingerprint density at radius 3 is 3.05 bits per heavy atom. The second-order valence-electron chi connectivity index (χ2n) is 5.09. The van der Waals surface area contributed by atoms with Crippen LogP contribution in [-0.2, 0) is 13.5 Å². The third-order valence-corrected chi connectivity index (χ3v) is 4.01. The summed E-state index contributed by atoms with van der Waals surface area (Å²) in [5, 5.41) is 0. The molecule has 4 heterocycles. The summed E-state index contributed by atoms with van der Waals surface area (Å²) in [5.41, 5.74) is 4.16. The highest BCUT2D eigenvalue weighted by Gasteiger charge is 2.33. The van der Waals surface area contributed by atoms with Crippen molar-refractivity contribution in [2.75, 3.05) is 0 Å². The predicted octanol–water partition coefficient (Wildman–Crippen LogP) is 2.14. The lowest BCUT2D eigenvalue weighted by Crippen LogP contribution is -2.30. The first-order valence-corrected chi connectivity index (χ1v) is 6.56. The van der Waals surface area contributed by atoms with E-state index in [0.29, 0.717) is 23.7 Å². The summed E-state index contributed by atoms with van der Waals surface area (Å²) in [5.74, 6) is 0.705. The first kappa shape index (κ1) is 7.85. The van der Waals surface area contributed by atoms with E-state index in [9.17, 15) is 0 Å². The van der Waals surface area contributed by atoms with Crippen molar-refractivity contribution in [3.8, 4) is 11.4 Å². The SMILES string of the molecule is [2H]C([2H])([2H])[n+]1c2n(c3nc4ccccn4c31)Cc1ccccc1-2. The molecule has 96 valence electrons. The Morgan fingerprint density at radius 1 is 1.20 bits per heavy atom. The Hall–Kier alpha value is -2.62. The maximum Gasteiger partial charge on any atom is 0.294 e. The van der Waals surface area contributed by atoms with E-state index in [1.54, 1.807) is 0 Å². The minimum absolute atomic E-state index is 0.616. The number of benzene rings is 1. The maximum atomic E-state index is 8.04. The molecule has 0 N–H and O–H groups in total. The summed E-state index contributed by atoms with van der Waals surface area (Å²) in [6.07, 6.45) is 1.86. The predicted molar refractivity (Wildman–Crippen MR) is 76.4 cm³/mol. The highest BCUT2D eigenvalue weighted by atomic mass is 15.3. The van der Waals surface area contributed by atoms with E-state index in [1.807, 2.05) is 57.6 Å². The molecule has 3 aromatic heterocycles. The van der Waals surface area contributed by atoms with Crippen molar-refractivity contribution in [3.63, 3.8) is 0 Å². The van der Waals surface area contributed by atoms with Crippen molar-refractivity contribution in [2.45, 2.75) is 6.54 Å². The van der Waals surface area contributed by atoms with Gasteiger partial charge in [-0.05, 0) is 18.2 Å². The molecule has 0 aliphatic carbocycles. The summed E-state index contributed by atoms with van der Waals surface area (Å²) in [7, 11) is 0. The zero-order chi connectivity index (χ0) is 15.8. The van der Waals surface area contributed by atoms with Crippen LogP contribution in [0, 0.1) is 0 Å². The lowest BCUT2D eigenvalue weighted by Gasteiger charge is -1.97. The van der Waals surface area contributed by atoms with E-state index < -0.39 is 6.98 Å². The molecule has 0 amide bonds. The molecular formula is C16H13N4+. The minimum Gasteiger partial charge on any atom is -0.233 e. The molecule has 0 unspecified atom stereocenters. The van der Waals surface area contributed by atoms with E-state index in [2.05, 4.69) is 4.98 Å². The molecule has 0 radical (unpaired) electrons. The Morgan fingerprint density at radius 2 is 2.10 bits per heavy atom. The summed E-state index contributed by atoms with van der Waals surface area (Å²) >= 11 is 0. The summed E-state index contributed by atoms with van der Waals surface area (Å²) in [6, 6.07) is 13.6. The molecule has 1 aliphatic heterocycles. The van der Waals surface area contributed by atoms with Gasteiger partial charge in [-0.3, -0.25) is 0 Å². The average molecular weight is 264 g/mol.